The maximum Gasteiger partial charge on any atom is 0.245 e. The molecule has 9 nitrogen and oxygen atoms in total. The summed E-state index contributed by atoms with van der Waals surface area (Å²) in [6.07, 6.45) is 7.43. The molecule has 1 unspecified atom stereocenters. The summed E-state index contributed by atoms with van der Waals surface area (Å²) in [6, 6.07) is 17.6. The molecule has 0 saturated carbocycles. The predicted molar refractivity (Wildman–Crippen MR) is 144 cm³/mol. The van der Waals surface area contributed by atoms with Crippen molar-refractivity contribution in [3.63, 3.8) is 0 Å². The van der Waals surface area contributed by atoms with Crippen LogP contribution in [0.25, 0.3) is 11.0 Å². The van der Waals surface area contributed by atoms with Crippen LogP contribution in [0.15, 0.2) is 84.9 Å². The molecule has 37 heavy (non-hydrogen) atoms. The molecule has 2 aromatic carbocycles. The summed E-state index contributed by atoms with van der Waals surface area (Å²) in [5.41, 5.74) is 2.57. The first-order valence-corrected chi connectivity index (χ1v) is 12.4. The van der Waals surface area contributed by atoms with Crippen molar-refractivity contribution in [1.29, 1.82) is 0 Å². The number of hydrazone groups is 1. The summed E-state index contributed by atoms with van der Waals surface area (Å²) in [7, 11) is 0. The van der Waals surface area contributed by atoms with Gasteiger partial charge in [0.05, 0.1) is 11.4 Å². The molecule has 2 N–H and O–H groups in total. The van der Waals surface area contributed by atoms with Crippen LogP contribution < -0.4 is 15.1 Å². The van der Waals surface area contributed by atoms with Crippen LogP contribution in [0.2, 0.25) is 0 Å². The summed E-state index contributed by atoms with van der Waals surface area (Å²) in [5.74, 6) is 3.02. The highest BCUT2D eigenvalue weighted by Crippen LogP contribution is 2.35. The number of nitrogens with one attached hydrogen (secondary N) is 2. The van der Waals surface area contributed by atoms with E-state index in [2.05, 4.69) is 26.8 Å². The molecule has 2 aliphatic rings. The number of aromatic nitrogens is 3. The van der Waals surface area contributed by atoms with Crippen LogP contribution in [0.1, 0.15) is 24.8 Å². The van der Waals surface area contributed by atoms with Gasteiger partial charge in [-0.2, -0.15) is 5.10 Å². The Bertz CT molecular complexity index is 1460. The largest absolute Gasteiger partial charge is 0.457 e. The van der Waals surface area contributed by atoms with E-state index in [9.17, 15) is 4.79 Å². The highest BCUT2D eigenvalue weighted by molar-refractivity contribution is 6.19. The molecular formula is C28H27N7O2. The number of nitrogens with zero attached hydrogens (tertiary/aromatic N) is 5. The minimum absolute atomic E-state index is 0.0258. The number of likely N-dealkylation sites (tertiary alicyclic amines) is 1. The topological polar surface area (TPSA) is 98.7 Å². The molecule has 0 radical (unpaired) electrons. The number of aromatic amines is 1. The highest BCUT2D eigenvalue weighted by atomic mass is 16.5. The van der Waals surface area contributed by atoms with Gasteiger partial charge in [-0.25, -0.2) is 15.0 Å². The van der Waals surface area contributed by atoms with Gasteiger partial charge in [-0.15, -0.1) is 0 Å². The van der Waals surface area contributed by atoms with Crippen LogP contribution >= 0.6 is 0 Å². The first-order chi connectivity index (χ1) is 18.2. The van der Waals surface area contributed by atoms with Crippen molar-refractivity contribution in [2.24, 2.45) is 5.10 Å². The quantitative estimate of drug-likeness (QED) is 0.383. The minimum atomic E-state index is -0.0258. The molecular weight excluding hydrogens is 466 g/mol. The van der Waals surface area contributed by atoms with Gasteiger partial charge in [-0.3, -0.25) is 4.79 Å². The van der Waals surface area contributed by atoms with Gasteiger partial charge in [0.15, 0.2) is 11.7 Å². The fraction of sp³-hybridized carbons (Fsp3) is 0.214. The normalized spacial score (nSPS) is 17.2. The van der Waals surface area contributed by atoms with Gasteiger partial charge < -0.3 is 19.9 Å². The Morgan fingerprint density at radius 2 is 1.86 bits per heavy atom. The van der Waals surface area contributed by atoms with E-state index in [1.54, 1.807) is 6.33 Å². The maximum atomic E-state index is 12.2. The van der Waals surface area contributed by atoms with Crippen molar-refractivity contribution in [2.75, 3.05) is 23.4 Å². The molecule has 4 heterocycles. The second kappa shape index (κ2) is 9.77. The summed E-state index contributed by atoms with van der Waals surface area (Å²) in [4.78, 5) is 26.3. The number of anilines is 2. The van der Waals surface area contributed by atoms with Crippen LogP contribution in [-0.4, -0.2) is 50.7 Å². The molecule has 0 spiro atoms. The molecule has 0 bridgehead atoms. The Balaban J connectivity index is 1.27. The van der Waals surface area contributed by atoms with E-state index >= 15 is 0 Å². The van der Waals surface area contributed by atoms with Crippen molar-refractivity contribution in [3.8, 4) is 11.5 Å². The number of amides is 1. The van der Waals surface area contributed by atoms with Crippen molar-refractivity contribution in [1.82, 2.24) is 19.9 Å². The first-order valence-electron chi connectivity index (χ1n) is 12.4. The third kappa shape index (κ3) is 4.51. The lowest BCUT2D eigenvalue weighted by Crippen LogP contribution is -2.37. The zero-order chi connectivity index (χ0) is 25.2. The van der Waals surface area contributed by atoms with Crippen LogP contribution in [-0.2, 0) is 4.79 Å². The van der Waals surface area contributed by atoms with E-state index in [1.165, 1.54) is 6.08 Å². The zero-order valence-corrected chi connectivity index (χ0v) is 20.3. The number of amidine groups is 1. The SMILES string of the molecule is C=CC(=O)N1CCCC(N2N=C(Nc3ccc(Oc4ccccc4)cc3)c3c[nH]c4ncnc2c34)CC1. The molecule has 1 atom stereocenters. The van der Waals surface area contributed by atoms with Crippen LogP contribution in [0.3, 0.4) is 0 Å². The monoisotopic (exact) mass is 493 g/mol. The number of para-hydroxylation sites is 1. The van der Waals surface area contributed by atoms with E-state index in [-0.39, 0.29) is 11.9 Å². The molecule has 1 amide bonds. The Hall–Kier alpha value is -4.66. The van der Waals surface area contributed by atoms with Crippen LogP contribution in [0.4, 0.5) is 11.5 Å². The summed E-state index contributed by atoms with van der Waals surface area (Å²) in [6.45, 7) is 5.01. The van der Waals surface area contributed by atoms with E-state index < -0.39 is 0 Å². The number of ether oxygens (including phenoxy) is 1. The van der Waals surface area contributed by atoms with Crippen molar-refractivity contribution in [3.05, 3.63) is 85.3 Å². The smallest absolute Gasteiger partial charge is 0.245 e. The minimum Gasteiger partial charge on any atom is -0.457 e. The molecule has 9 heteroatoms. The van der Waals surface area contributed by atoms with E-state index in [0.717, 1.165) is 65.4 Å². The van der Waals surface area contributed by atoms with Crippen molar-refractivity contribution < 1.29 is 9.53 Å². The predicted octanol–water partition coefficient (Wildman–Crippen LogP) is 4.91. The average molecular weight is 494 g/mol. The van der Waals surface area contributed by atoms with Gasteiger partial charge in [-0.05, 0) is 61.7 Å². The Kier molecular flexibility index (Phi) is 6.02. The number of H-pyrrole nitrogens is 1. The lowest BCUT2D eigenvalue weighted by Gasteiger charge is -2.31. The number of hydrogen-bond donors (Lipinski definition) is 2. The zero-order valence-electron chi connectivity index (χ0n) is 20.3. The number of hydrogen-bond acceptors (Lipinski definition) is 7. The van der Waals surface area contributed by atoms with Gasteiger partial charge in [-0.1, -0.05) is 24.8 Å². The summed E-state index contributed by atoms with van der Waals surface area (Å²) >= 11 is 0. The third-order valence-electron chi connectivity index (χ3n) is 6.76. The standard InChI is InChI=1S/C28H27N7O2/c1-2-24(36)34-15-6-7-20(14-16-34)35-28-25-23(17-29-27(25)30-18-31-28)26(33-35)32-19-10-12-22(13-11-19)37-21-8-4-3-5-9-21/h2-5,8-13,17-18,20H,1,6-7,14-16H2,(H,32,33)(H,29,30,31). The van der Waals surface area contributed by atoms with Crippen molar-refractivity contribution >= 4 is 34.3 Å². The maximum absolute atomic E-state index is 12.2. The fourth-order valence-electron chi connectivity index (χ4n) is 4.90. The first kappa shape index (κ1) is 22.8. The van der Waals surface area contributed by atoms with Gasteiger partial charge in [0.1, 0.15) is 23.5 Å². The molecule has 1 fully saturated rings. The third-order valence-corrected chi connectivity index (χ3v) is 6.76. The molecule has 1 saturated heterocycles. The lowest BCUT2D eigenvalue weighted by atomic mass is 10.1. The Labute approximate surface area is 214 Å². The molecule has 186 valence electrons. The van der Waals surface area contributed by atoms with E-state index in [4.69, 9.17) is 9.84 Å². The van der Waals surface area contributed by atoms with Gasteiger partial charge in [0.25, 0.3) is 0 Å². The van der Waals surface area contributed by atoms with E-state index in [0.29, 0.717) is 12.4 Å². The second-order valence-electron chi connectivity index (χ2n) is 9.10. The fourth-order valence-corrected chi connectivity index (χ4v) is 4.90. The summed E-state index contributed by atoms with van der Waals surface area (Å²) in [5, 5.41) is 11.5. The lowest BCUT2D eigenvalue weighted by molar-refractivity contribution is -0.125. The number of rotatable bonds is 5. The van der Waals surface area contributed by atoms with Gasteiger partial charge >= 0.3 is 0 Å². The van der Waals surface area contributed by atoms with Crippen LogP contribution in [0, 0.1) is 0 Å². The number of benzene rings is 2. The van der Waals surface area contributed by atoms with Gasteiger partial charge in [0, 0.05) is 30.5 Å². The Morgan fingerprint density at radius 1 is 1.05 bits per heavy atom. The molecule has 4 aromatic rings. The Morgan fingerprint density at radius 3 is 2.68 bits per heavy atom. The summed E-state index contributed by atoms with van der Waals surface area (Å²) < 4.78 is 5.92. The van der Waals surface area contributed by atoms with Crippen molar-refractivity contribution in [2.45, 2.75) is 25.3 Å². The second-order valence-corrected chi connectivity index (χ2v) is 9.10. The number of carbonyl (C=O) groups is 1. The number of carbonyl (C=O) groups excluding carboxylic acids is 1. The molecule has 2 aliphatic heterocycles. The molecule has 6 rings (SSSR count). The highest BCUT2D eigenvalue weighted by Gasteiger charge is 2.31. The van der Waals surface area contributed by atoms with Gasteiger partial charge in [0.2, 0.25) is 5.91 Å². The van der Waals surface area contributed by atoms with E-state index in [1.807, 2.05) is 70.7 Å². The average Bonchev–Trinajstić information content (AvgIpc) is 3.22. The molecule has 0 aliphatic carbocycles. The van der Waals surface area contributed by atoms with Crippen LogP contribution in [0.5, 0.6) is 11.5 Å². The molecule has 2 aromatic heterocycles.